The van der Waals surface area contributed by atoms with Crippen LogP contribution in [-0.4, -0.2) is 22.1 Å². The van der Waals surface area contributed by atoms with Gasteiger partial charge in [0.05, 0.1) is 12.5 Å². The Morgan fingerprint density at radius 2 is 1.79 bits per heavy atom. The fraction of sp³-hybridized carbons (Fsp3) is 0.368. The van der Waals surface area contributed by atoms with Crippen molar-refractivity contribution >= 4 is 11.9 Å². The number of carboxylic acid groups (broad SMARTS) is 1. The molecule has 0 heterocycles. The van der Waals surface area contributed by atoms with E-state index in [-0.39, 0.29) is 18.1 Å². The van der Waals surface area contributed by atoms with E-state index in [2.05, 4.69) is 11.4 Å². The number of aromatic hydroxyl groups is 1. The van der Waals surface area contributed by atoms with E-state index in [9.17, 15) is 14.7 Å². The number of carbonyl (C=O) groups excluding carboxylic acids is 1. The minimum Gasteiger partial charge on any atom is -0.508 e. The lowest BCUT2D eigenvalue weighted by Crippen LogP contribution is -2.29. The molecule has 1 unspecified atom stereocenters. The molecule has 1 aromatic rings. The molecule has 0 radical (unpaired) electrons. The summed E-state index contributed by atoms with van der Waals surface area (Å²) in [6.45, 7) is 5.94. The van der Waals surface area contributed by atoms with E-state index >= 15 is 0 Å². The molecule has 24 heavy (non-hydrogen) atoms. The largest absolute Gasteiger partial charge is 0.508 e. The van der Waals surface area contributed by atoms with Crippen molar-refractivity contribution in [1.29, 1.82) is 0 Å². The van der Waals surface area contributed by atoms with Gasteiger partial charge in [0.2, 0.25) is 5.91 Å². The van der Waals surface area contributed by atoms with Crippen LogP contribution in [0, 0.1) is 0 Å². The lowest BCUT2D eigenvalue weighted by Gasteiger charge is -2.16. The number of hydrogen-bond donors (Lipinski definition) is 3. The minimum absolute atomic E-state index is 0.0918. The van der Waals surface area contributed by atoms with Gasteiger partial charge in [-0.05, 0) is 51.3 Å². The molecule has 0 saturated carbocycles. The Morgan fingerprint density at radius 1 is 1.17 bits per heavy atom. The average molecular weight is 331 g/mol. The second kappa shape index (κ2) is 9.55. The molecule has 0 spiro atoms. The number of carbonyl (C=O) groups is 2. The first-order valence-electron chi connectivity index (χ1n) is 7.89. The van der Waals surface area contributed by atoms with Crippen molar-refractivity contribution in [2.75, 3.05) is 0 Å². The van der Waals surface area contributed by atoms with Crippen LogP contribution >= 0.6 is 0 Å². The van der Waals surface area contributed by atoms with E-state index in [0.29, 0.717) is 5.56 Å². The SMILES string of the molecule is CC(C)=CCC/C(C)=C/C(=O)NC(CC(=O)O)c1ccc(O)cc1. The fourth-order valence-electron chi connectivity index (χ4n) is 2.23. The molecule has 5 nitrogen and oxygen atoms in total. The molecular weight excluding hydrogens is 306 g/mol. The van der Waals surface area contributed by atoms with Gasteiger partial charge in [-0.2, -0.15) is 0 Å². The van der Waals surface area contributed by atoms with E-state index < -0.39 is 12.0 Å². The average Bonchev–Trinajstić information content (AvgIpc) is 2.46. The van der Waals surface area contributed by atoms with Crippen LogP contribution in [0.4, 0.5) is 0 Å². The standard InChI is InChI=1S/C19H25NO4/c1-13(2)5-4-6-14(3)11-18(22)20-17(12-19(23)24)15-7-9-16(21)10-8-15/h5,7-11,17,21H,4,6,12H2,1-3H3,(H,20,22)(H,23,24)/b14-11+. The maximum absolute atomic E-state index is 12.1. The fourth-order valence-corrected chi connectivity index (χ4v) is 2.23. The Morgan fingerprint density at radius 3 is 2.33 bits per heavy atom. The summed E-state index contributed by atoms with van der Waals surface area (Å²) in [4.78, 5) is 23.2. The lowest BCUT2D eigenvalue weighted by atomic mass is 10.0. The van der Waals surface area contributed by atoms with Gasteiger partial charge in [-0.3, -0.25) is 9.59 Å². The summed E-state index contributed by atoms with van der Waals surface area (Å²) in [6, 6.07) is 5.51. The van der Waals surface area contributed by atoms with Gasteiger partial charge in [0.25, 0.3) is 0 Å². The van der Waals surface area contributed by atoms with Crippen LogP contribution in [0.1, 0.15) is 51.6 Å². The summed E-state index contributed by atoms with van der Waals surface area (Å²) in [6.07, 6.45) is 5.05. The quantitative estimate of drug-likeness (QED) is 0.500. The summed E-state index contributed by atoms with van der Waals surface area (Å²) in [7, 11) is 0. The molecule has 1 rings (SSSR count). The summed E-state index contributed by atoms with van der Waals surface area (Å²) < 4.78 is 0. The van der Waals surface area contributed by atoms with Crippen molar-refractivity contribution in [3.8, 4) is 5.75 Å². The first kappa shape index (κ1) is 19.5. The van der Waals surface area contributed by atoms with E-state index in [0.717, 1.165) is 18.4 Å². The van der Waals surface area contributed by atoms with Gasteiger partial charge in [-0.1, -0.05) is 29.4 Å². The predicted octanol–water partition coefficient (Wildman–Crippen LogP) is 3.72. The second-order valence-electron chi connectivity index (χ2n) is 6.06. The van der Waals surface area contributed by atoms with Crippen LogP contribution in [0.5, 0.6) is 5.75 Å². The highest BCUT2D eigenvalue weighted by Crippen LogP contribution is 2.20. The first-order chi connectivity index (χ1) is 11.3. The summed E-state index contributed by atoms with van der Waals surface area (Å²) in [5.41, 5.74) is 2.81. The zero-order chi connectivity index (χ0) is 18.1. The molecule has 3 N–H and O–H groups in total. The topological polar surface area (TPSA) is 86.6 Å². The third-order valence-corrected chi connectivity index (χ3v) is 3.46. The number of phenolic OH excluding ortho intramolecular Hbond substituents is 1. The van der Waals surface area contributed by atoms with Crippen LogP contribution in [-0.2, 0) is 9.59 Å². The van der Waals surface area contributed by atoms with E-state index in [4.69, 9.17) is 5.11 Å². The maximum Gasteiger partial charge on any atom is 0.305 e. The first-order valence-corrected chi connectivity index (χ1v) is 7.89. The van der Waals surface area contributed by atoms with Gasteiger partial charge in [-0.15, -0.1) is 0 Å². The van der Waals surface area contributed by atoms with Crippen molar-refractivity contribution in [2.24, 2.45) is 0 Å². The zero-order valence-corrected chi connectivity index (χ0v) is 14.4. The van der Waals surface area contributed by atoms with E-state index in [1.54, 1.807) is 12.1 Å². The molecular formula is C19H25NO4. The molecule has 1 aromatic carbocycles. The molecule has 1 amide bonds. The third-order valence-electron chi connectivity index (χ3n) is 3.46. The minimum atomic E-state index is -1.00. The van der Waals surface area contributed by atoms with Crippen molar-refractivity contribution in [1.82, 2.24) is 5.32 Å². The van der Waals surface area contributed by atoms with Gasteiger partial charge < -0.3 is 15.5 Å². The molecule has 0 bridgehead atoms. The van der Waals surface area contributed by atoms with Gasteiger partial charge in [0.1, 0.15) is 5.75 Å². The highest BCUT2D eigenvalue weighted by Gasteiger charge is 2.17. The molecule has 1 atom stereocenters. The highest BCUT2D eigenvalue weighted by molar-refractivity contribution is 5.88. The Hall–Kier alpha value is -2.56. The van der Waals surface area contributed by atoms with Gasteiger partial charge >= 0.3 is 5.97 Å². The van der Waals surface area contributed by atoms with Crippen molar-refractivity contribution in [2.45, 2.75) is 46.1 Å². The number of hydrogen-bond acceptors (Lipinski definition) is 3. The zero-order valence-electron chi connectivity index (χ0n) is 14.4. The number of allylic oxidation sites excluding steroid dienone is 3. The number of carboxylic acids is 1. The summed E-state index contributed by atoms with van der Waals surface area (Å²) in [5.74, 6) is -1.23. The maximum atomic E-state index is 12.1. The smallest absolute Gasteiger partial charge is 0.305 e. The Bertz CT molecular complexity index is 625. The second-order valence-corrected chi connectivity index (χ2v) is 6.06. The molecule has 0 aliphatic carbocycles. The Labute approximate surface area is 142 Å². The normalized spacial score (nSPS) is 12.4. The lowest BCUT2D eigenvalue weighted by molar-refractivity contribution is -0.137. The van der Waals surface area contributed by atoms with Gasteiger partial charge in [0, 0.05) is 6.08 Å². The van der Waals surface area contributed by atoms with Crippen molar-refractivity contribution < 1.29 is 19.8 Å². The number of phenols is 1. The van der Waals surface area contributed by atoms with Crippen molar-refractivity contribution in [3.05, 3.63) is 53.1 Å². The van der Waals surface area contributed by atoms with Crippen LogP contribution in [0.3, 0.4) is 0 Å². The molecule has 5 heteroatoms. The molecule has 0 saturated heterocycles. The summed E-state index contributed by atoms with van der Waals surface area (Å²) >= 11 is 0. The molecule has 0 aromatic heterocycles. The van der Waals surface area contributed by atoms with Crippen LogP contribution in [0.2, 0.25) is 0 Å². The van der Waals surface area contributed by atoms with E-state index in [1.165, 1.54) is 23.8 Å². The summed E-state index contributed by atoms with van der Waals surface area (Å²) in [5, 5.41) is 21.1. The number of benzene rings is 1. The molecule has 0 fully saturated rings. The van der Waals surface area contributed by atoms with Gasteiger partial charge in [0.15, 0.2) is 0 Å². The van der Waals surface area contributed by atoms with Gasteiger partial charge in [-0.25, -0.2) is 0 Å². The van der Waals surface area contributed by atoms with Crippen molar-refractivity contribution in [3.63, 3.8) is 0 Å². The number of amides is 1. The Kier molecular flexibility index (Phi) is 7.75. The van der Waals surface area contributed by atoms with E-state index in [1.807, 2.05) is 20.8 Å². The molecule has 130 valence electrons. The number of rotatable bonds is 8. The highest BCUT2D eigenvalue weighted by atomic mass is 16.4. The molecule has 0 aliphatic rings. The predicted molar refractivity (Wildman–Crippen MR) is 93.7 cm³/mol. The number of nitrogens with one attached hydrogen (secondary N) is 1. The third kappa shape index (κ3) is 7.63. The van der Waals surface area contributed by atoms with Crippen LogP contribution in [0.25, 0.3) is 0 Å². The number of aliphatic carboxylic acids is 1. The van der Waals surface area contributed by atoms with Crippen LogP contribution in [0.15, 0.2) is 47.6 Å². The van der Waals surface area contributed by atoms with Crippen LogP contribution < -0.4 is 5.32 Å². The monoisotopic (exact) mass is 331 g/mol. The Balaban J connectivity index is 2.75. The molecule has 0 aliphatic heterocycles.